The van der Waals surface area contributed by atoms with E-state index in [0.717, 1.165) is 22.3 Å². The number of benzene rings is 2. The number of rotatable bonds is 0. The molecule has 0 heterocycles. The van der Waals surface area contributed by atoms with Crippen LogP contribution in [0, 0.1) is 20.8 Å². The van der Waals surface area contributed by atoms with Crippen molar-refractivity contribution in [2.75, 3.05) is 0 Å². The molecular weight excluding hydrogens is 276 g/mol. The van der Waals surface area contributed by atoms with Gasteiger partial charge in [-0.3, -0.25) is 4.79 Å². The largest absolute Gasteiger partial charge is 0.381 e. The van der Waals surface area contributed by atoms with Crippen molar-refractivity contribution in [1.29, 1.82) is 0 Å². The van der Waals surface area contributed by atoms with Crippen molar-refractivity contribution >= 4 is 5.78 Å². The average molecular weight is 294 g/mol. The topological polar surface area (TPSA) is 57.5 Å². The molecule has 0 saturated carbocycles. The zero-order chi connectivity index (χ0) is 15.9. The third-order valence-corrected chi connectivity index (χ3v) is 5.52. The summed E-state index contributed by atoms with van der Waals surface area (Å²) in [5.74, 6) is -0.391. The molecule has 112 valence electrons. The number of hydrogen-bond donors (Lipinski definition) is 2. The molecule has 3 heteroatoms. The van der Waals surface area contributed by atoms with E-state index in [1.165, 1.54) is 0 Å². The highest BCUT2D eigenvalue weighted by atomic mass is 16.4. The SMILES string of the molecule is Cc1cc(C)c2c(c1C)C1(O)C(=O)c3ccccc3C1(O)C2. The van der Waals surface area contributed by atoms with Crippen LogP contribution < -0.4 is 0 Å². The molecule has 2 aliphatic rings. The highest BCUT2D eigenvalue weighted by molar-refractivity contribution is 6.10. The lowest BCUT2D eigenvalue weighted by Gasteiger charge is -2.32. The van der Waals surface area contributed by atoms with Gasteiger partial charge in [0.2, 0.25) is 5.78 Å². The van der Waals surface area contributed by atoms with Crippen molar-refractivity contribution in [2.45, 2.75) is 38.4 Å². The summed E-state index contributed by atoms with van der Waals surface area (Å²) in [5.41, 5.74) is 1.97. The summed E-state index contributed by atoms with van der Waals surface area (Å²) >= 11 is 0. The van der Waals surface area contributed by atoms with Gasteiger partial charge in [0.05, 0.1) is 0 Å². The van der Waals surface area contributed by atoms with Gasteiger partial charge in [-0.2, -0.15) is 0 Å². The van der Waals surface area contributed by atoms with Gasteiger partial charge in [0, 0.05) is 17.5 Å². The third kappa shape index (κ3) is 1.24. The molecule has 2 unspecified atom stereocenters. The summed E-state index contributed by atoms with van der Waals surface area (Å²) in [6, 6.07) is 9.04. The maximum Gasteiger partial charge on any atom is 0.202 e. The minimum Gasteiger partial charge on any atom is -0.381 e. The lowest BCUT2D eigenvalue weighted by Crippen LogP contribution is -2.46. The minimum atomic E-state index is -1.87. The van der Waals surface area contributed by atoms with Crippen molar-refractivity contribution in [3.05, 3.63) is 69.3 Å². The highest BCUT2D eigenvalue weighted by Crippen LogP contribution is 2.58. The first-order valence-corrected chi connectivity index (χ1v) is 7.51. The van der Waals surface area contributed by atoms with Crippen molar-refractivity contribution in [3.63, 3.8) is 0 Å². The lowest BCUT2D eigenvalue weighted by molar-refractivity contribution is -0.115. The van der Waals surface area contributed by atoms with Gasteiger partial charge in [-0.05, 0) is 48.6 Å². The zero-order valence-corrected chi connectivity index (χ0v) is 12.9. The second kappa shape index (κ2) is 3.86. The second-order valence-corrected chi connectivity index (χ2v) is 6.61. The summed E-state index contributed by atoms with van der Waals surface area (Å²) in [6.45, 7) is 5.85. The second-order valence-electron chi connectivity index (χ2n) is 6.61. The van der Waals surface area contributed by atoms with E-state index >= 15 is 0 Å². The molecular formula is C19H18O3. The van der Waals surface area contributed by atoms with E-state index in [1.807, 2.05) is 20.8 Å². The van der Waals surface area contributed by atoms with Crippen LogP contribution in [0.4, 0.5) is 0 Å². The third-order valence-electron chi connectivity index (χ3n) is 5.52. The Morgan fingerprint density at radius 3 is 2.45 bits per heavy atom. The van der Waals surface area contributed by atoms with E-state index in [2.05, 4.69) is 6.07 Å². The van der Waals surface area contributed by atoms with Crippen LogP contribution in [0.3, 0.4) is 0 Å². The van der Waals surface area contributed by atoms with Crippen LogP contribution in [-0.4, -0.2) is 16.0 Å². The number of hydrogen-bond acceptors (Lipinski definition) is 3. The van der Waals surface area contributed by atoms with E-state index in [9.17, 15) is 15.0 Å². The van der Waals surface area contributed by atoms with Crippen LogP contribution in [0.25, 0.3) is 0 Å². The summed E-state index contributed by atoms with van der Waals surface area (Å²) in [5, 5.41) is 22.7. The highest BCUT2D eigenvalue weighted by Gasteiger charge is 2.67. The predicted molar refractivity (Wildman–Crippen MR) is 82.9 cm³/mol. The van der Waals surface area contributed by atoms with Crippen LogP contribution in [0.15, 0.2) is 30.3 Å². The molecule has 0 aliphatic heterocycles. The van der Waals surface area contributed by atoms with E-state index in [1.54, 1.807) is 24.3 Å². The Balaban J connectivity index is 2.12. The van der Waals surface area contributed by atoms with Crippen LogP contribution in [-0.2, 0) is 17.6 Å². The van der Waals surface area contributed by atoms with Gasteiger partial charge in [-0.1, -0.05) is 30.3 Å². The van der Waals surface area contributed by atoms with Gasteiger partial charge < -0.3 is 10.2 Å². The molecule has 2 atom stereocenters. The Hall–Kier alpha value is -1.97. The molecule has 2 aromatic carbocycles. The molecule has 2 aromatic rings. The molecule has 0 aromatic heterocycles. The first-order valence-electron chi connectivity index (χ1n) is 7.51. The normalized spacial score (nSPS) is 28.5. The summed E-state index contributed by atoms with van der Waals surface area (Å²) in [6.07, 6.45) is 0.272. The number of aliphatic hydroxyl groups is 2. The number of fused-ring (bicyclic) bond motifs is 5. The summed E-state index contributed by atoms with van der Waals surface area (Å²) in [4.78, 5) is 12.9. The monoisotopic (exact) mass is 294 g/mol. The first-order chi connectivity index (χ1) is 10.3. The van der Waals surface area contributed by atoms with E-state index in [-0.39, 0.29) is 6.42 Å². The standard InChI is InChI=1S/C19H18O3/c1-10-8-11(2)14-9-18(21)15-7-5-4-6-13(15)17(20)19(18,22)16(14)12(10)3/h4-8,21-22H,9H2,1-3H3. The maximum absolute atomic E-state index is 12.9. The van der Waals surface area contributed by atoms with Crippen molar-refractivity contribution in [3.8, 4) is 0 Å². The van der Waals surface area contributed by atoms with Crippen LogP contribution in [0.1, 0.15) is 43.7 Å². The number of aryl methyl sites for hydroxylation is 2. The van der Waals surface area contributed by atoms with Crippen LogP contribution in [0.5, 0.6) is 0 Å². The molecule has 0 radical (unpaired) electrons. The molecule has 2 aliphatic carbocycles. The fourth-order valence-electron chi connectivity index (χ4n) is 4.28. The summed E-state index contributed by atoms with van der Waals surface area (Å²) < 4.78 is 0. The van der Waals surface area contributed by atoms with E-state index in [0.29, 0.717) is 16.7 Å². The molecule has 0 saturated heterocycles. The quantitative estimate of drug-likeness (QED) is 0.784. The number of Topliss-reactive ketones (excluding diaryl/α,β-unsaturated/α-hetero) is 1. The molecule has 2 N–H and O–H groups in total. The van der Waals surface area contributed by atoms with Gasteiger partial charge in [0.1, 0.15) is 5.60 Å². The number of ketones is 1. The van der Waals surface area contributed by atoms with Gasteiger partial charge in [-0.25, -0.2) is 0 Å². The van der Waals surface area contributed by atoms with Gasteiger partial charge in [-0.15, -0.1) is 0 Å². The molecule has 0 bridgehead atoms. The molecule has 4 rings (SSSR count). The molecule has 0 amide bonds. The zero-order valence-electron chi connectivity index (χ0n) is 12.9. The van der Waals surface area contributed by atoms with E-state index in [4.69, 9.17) is 0 Å². The summed E-state index contributed by atoms with van der Waals surface area (Å²) in [7, 11) is 0. The van der Waals surface area contributed by atoms with Crippen LogP contribution in [0.2, 0.25) is 0 Å². The minimum absolute atomic E-state index is 0.272. The van der Waals surface area contributed by atoms with Gasteiger partial charge >= 0.3 is 0 Å². The Morgan fingerprint density at radius 1 is 1.05 bits per heavy atom. The Bertz CT molecular complexity index is 852. The van der Waals surface area contributed by atoms with Gasteiger partial charge in [0.25, 0.3) is 0 Å². The molecule has 0 fully saturated rings. The smallest absolute Gasteiger partial charge is 0.202 e. The Morgan fingerprint density at radius 2 is 1.73 bits per heavy atom. The van der Waals surface area contributed by atoms with E-state index < -0.39 is 17.0 Å². The van der Waals surface area contributed by atoms with Crippen molar-refractivity contribution < 1.29 is 15.0 Å². The van der Waals surface area contributed by atoms with Crippen LogP contribution >= 0.6 is 0 Å². The fourth-order valence-corrected chi connectivity index (χ4v) is 4.28. The molecule has 0 spiro atoms. The fraction of sp³-hybridized carbons (Fsp3) is 0.316. The van der Waals surface area contributed by atoms with Crippen molar-refractivity contribution in [1.82, 2.24) is 0 Å². The predicted octanol–water partition coefficient (Wildman–Crippen LogP) is 2.44. The number of carbonyl (C=O) groups is 1. The first kappa shape index (κ1) is 13.7. The van der Waals surface area contributed by atoms with Crippen molar-refractivity contribution in [2.24, 2.45) is 0 Å². The number of carbonyl (C=O) groups excluding carboxylic acids is 1. The Labute approximate surface area is 129 Å². The maximum atomic E-state index is 12.9. The lowest BCUT2D eigenvalue weighted by atomic mass is 9.81. The Kier molecular flexibility index (Phi) is 2.40. The molecule has 3 nitrogen and oxygen atoms in total. The molecule has 22 heavy (non-hydrogen) atoms. The average Bonchev–Trinajstić information content (AvgIpc) is 2.83. The van der Waals surface area contributed by atoms with Gasteiger partial charge in [0.15, 0.2) is 5.60 Å².